The number of hydrogen-bond acceptors (Lipinski definition) is 4. The van der Waals surface area contributed by atoms with E-state index in [1.54, 1.807) is 0 Å². The standard InChI is InChI=1S/C20H29N5O.HI/c1-15(2)19-13-18(26-23-19)14-22-20(21-4)25-10-8-24(9-11-25)17-7-5-6-16(3)12-17;/h5-7,12-13,15H,8-11,14H2,1-4H3,(H,21,22);1H. The average Bonchev–Trinajstić information content (AvgIpc) is 3.12. The highest BCUT2D eigenvalue weighted by Crippen LogP contribution is 2.18. The molecule has 1 aromatic carbocycles. The van der Waals surface area contributed by atoms with E-state index in [9.17, 15) is 0 Å². The van der Waals surface area contributed by atoms with Crippen LogP contribution in [0, 0.1) is 6.92 Å². The Morgan fingerprint density at radius 1 is 1.22 bits per heavy atom. The van der Waals surface area contributed by atoms with Gasteiger partial charge in [-0.05, 0) is 30.5 Å². The molecule has 0 bridgehead atoms. The smallest absolute Gasteiger partial charge is 0.194 e. The van der Waals surface area contributed by atoms with Crippen molar-refractivity contribution in [3.05, 3.63) is 47.3 Å². The molecule has 2 aromatic rings. The highest BCUT2D eigenvalue weighted by Gasteiger charge is 2.20. The second-order valence-corrected chi connectivity index (χ2v) is 7.09. The van der Waals surface area contributed by atoms with Gasteiger partial charge in [0.05, 0.1) is 12.2 Å². The van der Waals surface area contributed by atoms with Crippen molar-refractivity contribution in [2.24, 2.45) is 4.99 Å². The number of piperazine rings is 1. The molecule has 1 aliphatic heterocycles. The van der Waals surface area contributed by atoms with Gasteiger partial charge in [0.2, 0.25) is 0 Å². The van der Waals surface area contributed by atoms with Crippen molar-refractivity contribution in [3.63, 3.8) is 0 Å². The van der Waals surface area contributed by atoms with Crippen molar-refractivity contribution >= 4 is 35.6 Å². The van der Waals surface area contributed by atoms with Crippen molar-refractivity contribution in [3.8, 4) is 0 Å². The number of halogens is 1. The molecule has 1 aliphatic rings. The van der Waals surface area contributed by atoms with Gasteiger partial charge in [-0.2, -0.15) is 0 Å². The first-order valence-corrected chi connectivity index (χ1v) is 9.29. The van der Waals surface area contributed by atoms with E-state index in [-0.39, 0.29) is 24.0 Å². The number of aromatic nitrogens is 1. The molecular weight excluding hydrogens is 453 g/mol. The van der Waals surface area contributed by atoms with E-state index in [2.05, 4.69) is 70.3 Å². The van der Waals surface area contributed by atoms with E-state index < -0.39 is 0 Å². The van der Waals surface area contributed by atoms with Crippen molar-refractivity contribution in [1.29, 1.82) is 0 Å². The summed E-state index contributed by atoms with van der Waals surface area (Å²) >= 11 is 0. The SMILES string of the molecule is CN=C(NCc1cc(C(C)C)no1)N1CCN(c2cccc(C)c2)CC1.I. The predicted molar refractivity (Wildman–Crippen MR) is 121 cm³/mol. The molecule has 2 heterocycles. The van der Waals surface area contributed by atoms with Crippen molar-refractivity contribution in [2.45, 2.75) is 33.2 Å². The van der Waals surface area contributed by atoms with Gasteiger partial charge in [-0.1, -0.05) is 31.1 Å². The average molecular weight is 483 g/mol. The summed E-state index contributed by atoms with van der Waals surface area (Å²) in [4.78, 5) is 9.16. The number of hydrogen-bond donors (Lipinski definition) is 1. The summed E-state index contributed by atoms with van der Waals surface area (Å²) in [5.41, 5.74) is 3.59. The van der Waals surface area contributed by atoms with Crippen LogP contribution in [0.25, 0.3) is 0 Å². The molecule has 0 radical (unpaired) electrons. The maximum atomic E-state index is 5.40. The third kappa shape index (κ3) is 5.60. The molecule has 0 amide bonds. The van der Waals surface area contributed by atoms with Crippen molar-refractivity contribution in [1.82, 2.24) is 15.4 Å². The van der Waals surface area contributed by atoms with E-state index in [1.807, 2.05) is 13.1 Å². The molecule has 148 valence electrons. The lowest BCUT2D eigenvalue weighted by Gasteiger charge is -2.37. The summed E-state index contributed by atoms with van der Waals surface area (Å²) in [5, 5.41) is 7.50. The second kappa shape index (κ2) is 9.96. The highest BCUT2D eigenvalue weighted by atomic mass is 127. The first kappa shape index (κ1) is 21.5. The van der Waals surface area contributed by atoms with Crippen LogP contribution in [0.4, 0.5) is 5.69 Å². The number of nitrogens with zero attached hydrogens (tertiary/aromatic N) is 4. The fraction of sp³-hybridized carbons (Fsp3) is 0.500. The van der Waals surface area contributed by atoms with Gasteiger partial charge in [0.15, 0.2) is 11.7 Å². The quantitative estimate of drug-likeness (QED) is 0.409. The topological polar surface area (TPSA) is 56.9 Å². The van der Waals surface area contributed by atoms with Gasteiger partial charge >= 0.3 is 0 Å². The number of aryl methyl sites for hydroxylation is 1. The number of benzene rings is 1. The van der Waals surface area contributed by atoms with Crippen LogP contribution in [0.5, 0.6) is 0 Å². The molecule has 1 saturated heterocycles. The molecule has 1 fully saturated rings. The van der Waals surface area contributed by atoms with Gasteiger partial charge in [-0.15, -0.1) is 24.0 Å². The molecule has 0 atom stereocenters. The Kier molecular flexibility index (Phi) is 7.94. The van der Waals surface area contributed by atoms with Gasteiger partial charge < -0.3 is 19.6 Å². The largest absolute Gasteiger partial charge is 0.368 e. The minimum atomic E-state index is 0. The van der Waals surface area contributed by atoms with Crippen LogP contribution in [-0.4, -0.2) is 49.2 Å². The lowest BCUT2D eigenvalue weighted by molar-refractivity contribution is 0.355. The lowest BCUT2D eigenvalue weighted by atomic mass is 10.1. The molecule has 27 heavy (non-hydrogen) atoms. The normalized spacial score (nSPS) is 15.1. The van der Waals surface area contributed by atoms with Gasteiger partial charge in [0, 0.05) is 45.0 Å². The molecule has 1 N–H and O–H groups in total. The minimum absolute atomic E-state index is 0. The fourth-order valence-corrected chi connectivity index (χ4v) is 3.18. The Balaban J connectivity index is 0.00000261. The number of anilines is 1. The second-order valence-electron chi connectivity index (χ2n) is 7.09. The van der Waals surface area contributed by atoms with Crippen molar-refractivity contribution in [2.75, 3.05) is 38.1 Å². The van der Waals surface area contributed by atoms with Crippen LogP contribution < -0.4 is 10.2 Å². The van der Waals surface area contributed by atoms with E-state index in [0.29, 0.717) is 12.5 Å². The van der Waals surface area contributed by atoms with E-state index in [0.717, 1.165) is 43.6 Å². The van der Waals surface area contributed by atoms with Crippen LogP contribution in [0.15, 0.2) is 39.8 Å². The van der Waals surface area contributed by atoms with E-state index >= 15 is 0 Å². The highest BCUT2D eigenvalue weighted by molar-refractivity contribution is 14.0. The monoisotopic (exact) mass is 483 g/mol. The number of guanidine groups is 1. The maximum Gasteiger partial charge on any atom is 0.194 e. The molecule has 0 spiro atoms. The number of nitrogens with one attached hydrogen (secondary N) is 1. The first-order chi connectivity index (χ1) is 12.6. The predicted octanol–water partition coefficient (Wildman–Crippen LogP) is 3.62. The third-order valence-corrected chi connectivity index (χ3v) is 4.75. The molecule has 7 heteroatoms. The Morgan fingerprint density at radius 2 is 1.96 bits per heavy atom. The summed E-state index contributed by atoms with van der Waals surface area (Å²) in [7, 11) is 1.83. The van der Waals surface area contributed by atoms with Crippen LogP contribution in [0.2, 0.25) is 0 Å². The van der Waals surface area contributed by atoms with Crippen LogP contribution in [0.3, 0.4) is 0 Å². The van der Waals surface area contributed by atoms with E-state index in [4.69, 9.17) is 4.52 Å². The number of aliphatic imine (C=N–C) groups is 1. The van der Waals surface area contributed by atoms with Gasteiger partial charge in [-0.25, -0.2) is 0 Å². The molecular formula is C20H30IN5O. The Morgan fingerprint density at radius 3 is 2.56 bits per heavy atom. The summed E-state index contributed by atoms with van der Waals surface area (Å²) in [6, 6.07) is 10.7. The number of rotatable bonds is 4. The van der Waals surface area contributed by atoms with E-state index in [1.165, 1.54) is 11.3 Å². The molecule has 0 aliphatic carbocycles. The Hall–Kier alpha value is -1.77. The van der Waals surface area contributed by atoms with Gasteiger partial charge in [0.25, 0.3) is 0 Å². The summed E-state index contributed by atoms with van der Waals surface area (Å²) < 4.78 is 5.40. The molecule has 1 aromatic heterocycles. The minimum Gasteiger partial charge on any atom is -0.368 e. The zero-order valence-electron chi connectivity index (χ0n) is 16.6. The third-order valence-electron chi connectivity index (χ3n) is 4.75. The zero-order chi connectivity index (χ0) is 18.5. The summed E-state index contributed by atoms with van der Waals surface area (Å²) in [5.74, 6) is 2.13. The first-order valence-electron chi connectivity index (χ1n) is 9.29. The molecule has 0 saturated carbocycles. The molecule has 6 nitrogen and oxygen atoms in total. The van der Waals surface area contributed by atoms with Crippen LogP contribution in [-0.2, 0) is 6.54 Å². The van der Waals surface area contributed by atoms with Gasteiger partial charge in [0.1, 0.15) is 0 Å². The Labute approximate surface area is 179 Å². The van der Waals surface area contributed by atoms with Crippen LogP contribution in [0.1, 0.15) is 36.8 Å². The Bertz CT molecular complexity index is 750. The van der Waals surface area contributed by atoms with Crippen molar-refractivity contribution < 1.29 is 4.52 Å². The molecule has 3 rings (SSSR count). The lowest BCUT2D eigenvalue weighted by Crippen LogP contribution is -2.52. The van der Waals surface area contributed by atoms with Gasteiger partial charge in [-0.3, -0.25) is 4.99 Å². The fourth-order valence-electron chi connectivity index (χ4n) is 3.18. The van der Waals surface area contributed by atoms with Crippen LogP contribution >= 0.6 is 24.0 Å². The molecule has 0 unspecified atom stereocenters. The maximum absolute atomic E-state index is 5.40. The summed E-state index contributed by atoms with van der Waals surface area (Å²) in [6.07, 6.45) is 0. The summed E-state index contributed by atoms with van der Waals surface area (Å²) in [6.45, 7) is 10.8. The zero-order valence-corrected chi connectivity index (χ0v) is 18.9.